The molecule has 0 spiro atoms. The highest BCUT2D eigenvalue weighted by Gasteiger charge is 2.19. The number of aryl methyl sites for hydroxylation is 2. The minimum atomic E-state index is -0.234. The molecule has 1 aromatic heterocycles. The molecule has 2 unspecified atom stereocenters. The quantitative estimate of drug-likeness (QED) is 0.864. The van der Waals surface area contributed by atoms with E-state index in [2.05, 4.69) is 4.98 Å². The fourth-order valence-electron chi connectivity index (χ4n) is 2.16. The summed E-state index contributed by atoms with van der Waals surface area (Å²) in [5.74, 6) is -0.234. The van der Waals surface area contributed by atoms with E-state index in [1.54, 1.807) is 23.9 Å². The largest absolute Gasteiger partial charge is 0.327 e. The zero-order valence-electron chi connectivity index (χ0n) is 11.9. The molecule has 106 valence electrons. The van der Waals surface area contributed by atoms with Gasteiger partial charge in [-0.2, -0.15) is 0 Å². The van der Waals surface area contributed by atoms with Gasteiger partial charge in [0.25, 0.3) is 0 Å². The third-order valence-electron chi connectivity index (χ3n) is 2.98. The molecule has 2 atom stereocenters. The normalized spacial score (nSPS) is 14.1. The molecule has 0 aliphatic rings. The molecule has 0 saturated heterocycles. The van der Waals surface area contributed by atoms with Crippen LogP contribution in [0.5, 0.6) is 0 Å². The number of hydrogen-bond acceptors (Lipinski definition) is 3. The van der Waals surface area contributed by atoms with Crippen molar-refractivity contribution >= 4 is 11.8 Å². The van der Waals surface area contributed by atoms with E-state index in [1.165, 1.54) is 11.6 Å². The fraction of sp³-hybridized carbons (Fsp3) is 0.312. The van der Waals surface area contributed by atoms with Crippen LogP contribution >= 0.6 is 11.8 Å². The van der Waals surface area contributed by atoms with Gasteiger partial charge in [0, 0.05) is 11.7 Å². The van der Waals surface area contributed by atoms with Gasteiger partial charge in [-0.25, -0.2) is 9.37 Å². The summed E-state index contributed by atoms with van der Waals surface area (Å²) < 4.78 is 13.4. The summed E-state index contributed by atoms with van der Waals surface area (Å²) in [4.78, 5) is 4.52. The molecule has 0 bridgehead atoms. The van der Waals surface area contributed by atoms with Crippen LogP contribution in [-0.4, -0.2) is 11.0 Å². The van der Waals surface area contributed by atoms with Crippen molar-refractivity contribution < 1.29 is 4.39 Å². The summed E-state index contributed by atoms with van der Waals surface area (Å²) in [5, 5.41) is 0.911. The molecule has 0 aliphatic heterocycles. The second-order valence-electron chi connectivity index (χ2n) is 5.08. The van der Waals surface area contributed by atoms with Crippen molar-refractivity contribution in [1.82, 2.24) is 4.98 Å². The maximum atomic E-state index is 13.4. The van der Waals surface area contributed by atoms with Crippen molar-refractivity contribution in [3.63, 3.8) is 0 Å². The van der Waals surface area contributed by atoms with Gasteiger partial charge in [-0.3, -0.25) is 0 Å². The highest BCUT2D eigenvalue weighted by molar-refractivity contribution is 7.99. The van der Waals surface area contributed by atoms with Crippen molar-refractivity contribution in [2.75, 3.05) is 0 Å². The predicted molar refractivity (Wildman–Crippen MR) is 82.4 cm³/mol. The first-order valence-electron chi connectivity index (χ1n) is 6.58. The highest BCUT2D eigenvalue weighted by atomic mass is 32.2. The van der Waals surface area contributed by atoms with Crippen molar-refractivity contribution in [3.8, 4) is 0 Å². The molecular formula is C16H19FN2S. The molecule has 4 heteroatoms. The first-order chi connectivity index (χ1) is 9.45. The lowest BCUT2D eigenvalue weighted by Crippen LogP contribution is -2.22. The van der Waals surface area contributed by atoms with Gasteiger partial charge in [0.15, 0.2) is 0 Å². The Hall–Kier alpha value is -1.39. The van der Waals surface area contributed by atoms with Gasteiger partial charge >= 0.3 is 0 Å². The molecule has 0 saturated carbocycles. The Morgan fingerprint density at radius 2 is 1.95 bits per heavy atom. The fourth-order valence-corrected chi connectivity index (χ4v) is 3.37. The Kier molecular flexibility index (Phi) is 4.78. The highest BCUT2D eigenvalue weighted by Crippen LogP contribution is 2.36. The first-order valence-corrected chi connectivity index (χ1v) is 7.46. The molecule has 2 N–H and O–H groups in total. The first kappa shape index (κ1) is 15.0. The number of benzene rings is 1. The maximum Gasteiger partial charge on any atom is 0.123 e. The topological polar surface area (TPSA) is 38.9 Å². The average molecular weight is 290 g/mol. The smallest absolute Gasteiger partial charge is 0.123 e. The van der Waals surface area contributed by atoms with Crippen LogP contribution in [0.25, 0.3) is 0 Å². The predicted octanol–water partition coefficient (Wildman–Crippen LogP) is 4.02. The van der Waals surface area contributed by atoms with Crippen LogP contribution < -0.4 is 5.73 Å². The van der Waals surface area contributed by atoms with E-state index in [-0.39, 0.29) is 17.1 Å². The van der Waals surface area contributed by atoms with E-state index in [1.807, 2.05) is 39.0 Å². The number of thioether (sulfide) groups is 1. The van der Waals surface area contributed by atoms with Gasteiger partial charge in [0.05, 0.1) is 10.3 Å². The minimum Gasteiger partial charge on any atom is -0.327 e. The third kappa shape index (κ3) is 3.81. The number of halogens is 1. The van der Waals surface area contributed by atoms with E-state index in [0.29, 0.717) is 0 Å². The van der Waals surface area contributed by atoms with E-state index < -0.39 is 0 Å². The van der Waals surface area contributed by atoms with Gasteiger partial charge in [-0.1, -0.05) is 23.9 Å². The van der Waals surface area contributed by atoms with Crippen LogP contribution in [0.4, 0.5) is 4.39 Å². The van der Waals surface area contributed by atoms with Crippen molar-refractivity contribution in [3.05, 3.63) is 59.0 Å². The molecule has 0 amide bonds. The minimum absolute atomic E-state index is 0.0144. The average Bonchev–Trinajstić information content (AvgIpc) is 2.34. The summed E-state index contributed by atoms with van der Waals surface area (Å²) >= 11 is 1.58. The lowest BCUT2D eigenvalue weighted by atomic mass is 10.1. The Morgan fingerprint density at radius 3 is 2.55 bits per heavy atom. The van der Waals surface area contributed by atoms with Gasteiger partial charge < -0.3 is 5.73 Å². The molecule has 20 heavy (non-hydrogen) atoms. The van der Waals surface area contributed by atoms with Crippen molar-refractivity contribution in [2.45, 2.75) is 37.1 Å². The zero-order chi connectivity index (χ0) is 14.7. The number of nitrogens with zero attached hydrogens (tertiary/aromatic N) is 1. The molecule has 2 aromatic rings. The lowest BCUT2D eigenvalue weighted by Gasteiger charge is -2.20. The van der Waals surface area contributed by atoms with Crippen LogP contribution in [-0.2, 0) is 0 Å². The second kappa shape index (κ2) is 6.37. The van der Waals surface area contributed by atoms with Crippen molar-refractivity contribution in [1.29, 1.82) is 0 Å². The second-order valence-corrected chi connectivity index (χ2v) is 6.24. The molecule has 0 aliphatic carbocycles. The molecule has 0 fully saturated rings. The number of nitrogens with two attached hydrogens (primary N) is 1. The zero-order valence-corrected chi connectivity index (χ0v) is 12.7. The summed E-state index contributed by atoms with van der Waals surface area (Å²) in [6, 6.07) is 10.6. The summed E-state index contributed by atoms with van der Waals surface area (Å²) in [6.45, 7) is 5.95. The molecule has 1 heterocycles. The van der Waals surface area contributed by atoms with Gasteiger partial charge in [-0.05, 0) is 56.2 Å². The van der Waals surface area contributed by atoms with Gasteiger partial charge in [0.1, 0.15) is 5.82 Å². The Bertz CT molecular complexity index is 579. The molecule has 2 rings (SSSR count). The lowest BCUT2D eigenvalue weighted by molar-refractivity contribution is 0.621. The Labute approximate surface area is 123 Å². The molecular weight excluding hydrogens is 271 g/mol. The number of aromatic nitrogens is 1. The van der Waals surface area contributed by atoms with E-state index in [4.69, 9.17) is 5.73 Å². The van der Waals surface area contributed by atoms with Crippen molar-refractivity contribution in [2.24, 2.45) is 5.73 Å². The number of pyridine rings is 1. The third-order valence-corrected chi connectivity index (χ3v) is 4.38. The summed E-state index contributed by atoms with van der Waals surface area (Å²) in [6.07, 6.45) is 0. The van der Waals surface area contributed by atoms with Crippen LogP contribution in [0.15, 0.2) is 41.4 Å². The van der Waals surface area contributed by atoms with Gasteiger partial charge in [0.2, 0.25) is 0 Å². The standard InChI is InChI=1S/C16H19FN2S/c1-10-7-11(2)19-15(8-10)20-16(12(3)18)13-5-4-6-14(17)9-13/h4-9,12,16H,18H2,1-3H3. The van der Waals surface area contributed by atoms with E-state index >= 15 is 0 Å². The number of rotatable bonds is 4. The number of hydrogen-bond donors (Lipinski definition) is 1. The van der Waals surface area contributed by atoms with Crippen LogP contribution in [0.1, 0.15) is 29.0 Å². The van der Waals surface area contributed by atoms with Crippen LogP contribution in [0.2, 0.25) is 0 Å². The molecule has 2 nitrogen and oxygen atoms in total. The SMILES string of the molecule is Cc1cc(C)nc(SC(c2cccc(F)c2)C(C)N)c1. The van der Waals surface area contributed by atoms with E-state index in [9.17, 15) is 4.39 Å². The van der Waals surface area contributed by atoms with E-state index in [0.717, 1.165) is 16.3 Å². The van der Waals surface area contributed by atoms with Crippen LogP contribution in [0.3, 0.4) is 0 Å². The van der Waals surface area contributed by atoms with Crippen LogP contribution in [0, 0.1) is 19.7 Å². The summed E-state index contributed by atoms with van der Waals surface area (Å²) in [7, 11) is 0. The monoisotopic (exact) mass is 290 g/mol. The van der Waals surface area contributed by atoms with Gasteiger partial charge in [-0.15, -0.1) is 0 Å². The Balaban J connectivity index is 2.30. The maximum absolute atomic E-state index is 13.4. The summed E-state index contributed by atoms with van der Waals surface area (Å²) in [5.41, 5.74) is 9.12. The Morgan fingerprint density at radius 1 is 1.20 bits per heavy atom. The molecule has 0 radical (unpaired) electrons. The molecule has 1 aromatic carbocycles.